The monoisotopic (exact) mass is 449 g/mol. The molecular formula is C24H18F3N5O. The number of hydrogen-bond donors (Lipinski definition) is 1. The molecule has 4 aromatic heterocycles. The molecule has 0 bridgehead atoms. The highest BCUT2D eigenvalue weighted by Gasteiger charge is 2.31. The topological polar surface area (TPSA) is 68.2 Å². The van der Waals surface area contributed by atoms with Crippen LogP contribution >= 0.6 is 0 Å². The molecule has 1 aromatic carbocycles. The number of hydrogen-bond acceptors (Lipinski definition) is 5. The van der Waals surface area contributed by atoms with Gasteiger partial charge in [0.05, 0.1) is 34.5 Å². The third-order valence-corrected chi connectivity index (χ3v) is 5.34. The molecule has 0 radical (unpaired) electrons. The van der Waals surface area contributed by atoms with Gasteiger partial charge < -0.3 is 14.1 Å². The molecule has 0 unspecified atom stereocenters. The molecule has 0 atom stereocenters. The van der Waals surface area contributed by atoms with Gasteiger partial charge in [0.1, 0.15) is 5.69 Å². The molecule has 9 heteroatoms. The minimum absolute atomic E-state index is 0.438. The van der Waals surface area contributed by atoms with Gasteiger partial charge in [0.25, 0.3) is 0 Å². The molecular weight excluding hydrogens is 431 g/mol. The number of benzene rings is 1. The van der Waals surface area contributed by atoms with Crippen LogP contribution in [0.25, 0.3) is 28.4 Å². The van der Waals surface area contributed by atoms with Crippen LogP contribution in [-0.4, -0.2) is 19.4 Å². The summed E-state index contributed by atoms with van der Waals surface area (Å²) in [7, 11) is 0. The molecule has 5 rings (SSSR count). The van der Waals surface area contributed by atoms with E-state index in [9.17, 15) is 13.2 Å². The van der Waals surface area contributed by atoms with Crippen LogP contribution in [0.4, 0.5) is 24.5 Å². The number of anilines is 2. The van der Waals surface area contributed by atoms with E-state index in [1.165, 1.54) is 12.5 Å². The highest BCUT2D eigenvalue weighted by molar-refractivity contribution is 5.77. The zero-order chi connectivity index (χ0) is 23.2. The number of pyridine rings is 2. The molecule has 4 heterocycles. The maximum Gasteiger partial charge on any atom is 0.416 e. The Hall–Kier alpha value is -4.14. The summed E-state index contributed by atoms with van der Waals surface area (Å²) >= 11 is 0. The lowest BCUT2D eigenvalue weighted by Crippen LogP contribution is -2.05. The maximum absolute atomic E-state index is 13.2. The number of fused-ring (bicyclic) bond motifs is 1. The highest BCUT2D eigenvalue weighted by Crippen LogP contribution is 2.34. The third kappa shape index (κ3) is 3.93. The normalized spacial score (nSPS) is 11.8. The summed E-state index contributed by atoms with van der Waals surface area (Å²) in [6.07, 6.45) is 2.14. The van der Waals surface area contributed by atoms with Crippen molar-refractivity contribution < 1.29 is 17.6 Å². The fourth-order valence-electron chi connectivity index (χ4n) is 3.62. The van der Waals surface area contributed by atoms with Crippen molar-refractivity contribution in [1.29, 1.82) is 0 Å². The van der Waals surface area contributed by atoms with Crippen molar-refractivity contribution in [3.8, 4) is 22.7 Å². The Bertz CT molecular complexity index is 1450. The van der Waals surface area contributed by atoms with Crippen molar-refractivity contribution in [2.75, 3.05) is 5.32 Å². The van der Waals surface area contributed by atoms with E-state index in [1.807, 2.05) is 31.2 Å². The number of imidazole rings is 1. The van der Waals surface area contributed by atoms with Crippen molar-refractivity contribution in [1.82, 2.24) is 19.4 Å². The first kappa shape index (κ1) is 20.7. The van der Waals surface area contributed by atoms with E-state index in [0.717, 1.165) is 23.5 Å². The molecule has 0 aliphatic carbocycles. The first-order valence-corrected chi connectivity index (χ1v) is 10.1. The second-order valence-corrected chi connectivity index (χ2v) is 7.63. The molecule has 0 spiro atoms. The van der Waals surface area contributed by atoms with Gasteiger partial charge in [0.15, 0.2) is 17.8 Å². The molecule has 166 valence electrons. The van der Waals surface area contributed by atoms with Crippen LogP contribution in [0.2, 0.25) is 0 Å². The first-order chi connectivity index (χ1) is 15.8. The van der Waals surface area contributed by atoms with Gasteiger partial charge in [-0.05, 0) is 55.8 Å². The van der Waals surface area contributed by atoms with E-state index in [2.05, 4.69) is 20.3 Å². The number of nitrogens with one attached hydrogen (secondary N) is 1. The van der Waals surface area contributed by atoms with Crippen LogP contribution in [-0.2, 0) is 6.18 Å². The van der Waals surface area contributed by atoms with E-state index in [1.54, 1.807) is 29.9 Å². The number of aryl methyl sites for hydroxylation is 2. The van der Waals surface area contributed by atoms with Crippen molar-refractivity contribution in [3.05, 3.63) is 84.3 Å². The largest absolute Gasteiger partial charge is 0.442 e. The van der Waals surface area contributed by atoms with Gasteiger partial charge in [-0.15, -0.1) is 0 Å². The van der Waals surface area contributed by atoms with E-state index < -0.39 is 11.7 Å². The lowest BCUT2D eigenvalue weighted by Gasteiger charge is -2.10. The fourth-order valence-corrected chi connectivity index (χ4v) is 3.62. The summed E-state index contributed by atoms with van der Waals surface area (Å²) < 4.78 is 46.8. The maximum atomic E-state index is 13.2. The van der Waals surface area contributed by atoms with Crippen LogP contribution in [0, 0.1) is 13.8 Å². The summed E-state index contributed by atoms with van der Waals surface area (Å²) in [5.41, 5.74) is 4.33. The molecule has 0 aliphatic rings. The Morgan fingerprint density at radius 1 is 1.00 bits per heavy atom. The quantitative estimate of drug-likeness (QED) is 0.342. The van der Waals surface area contributed by atoms with Crippen molar-refractivity contribution in [2.24, 2.45) is 0 Å². The van der Waals surface area contributed by atoms with Gasteiger partial charge in [0.2, 0.25) is 0 Å². The molecule has 5 aromatic rings. The lowest BCUT2D eigenvalue weighted by molar-refractivity contribution is -0.137. The molecule has 33 heavy (non-hydrogen) atoms. The Labute approximate surface area is 186 Å². The van der Waals surface area contributed by atoms with E-state index in [0.29, 0.717) is 39.6 Å². The second-order valence-electron chi connectivity index (χ2n) is 7.63. The molecule has 0 saturated carbocycles. The number of rotatable bonds is 4. The molecule has 0 saturated heterocycles. The fraction of sp³-hybridized carbons (Fsp3) is 0.125. The molecule has 0 amide bonds. The van der Waals surface area contributed by atoms with Gasteiger partial charge >= 0.3 is 6.18 Å². The van der Waals surface area contributed by atoms with Crippen molar-refractivity contribution >= 4 is 17.0 Å². The summed E-state index contributed by atoms with van der Waals surface area (Å²) in [6.45, 7) is 3.61. The summed E-state index contributed by atoms with van der Waals surface area (Å²) in [5.74, 6) is 0.609. The summed E-state index contributed by atoms with van der Waals surface area (Å²) in [4.78, 5) is 13.1. The molecule has 0 aliphatic heterocycles. The molecule has 6 nitrogen and oxygen atoms in total. The van der Waals surface area contributed by atoms with Gasteiger partial charge in [0, 0.05) is 18.0 Å². The van der Waals surface area contributed by atoms with Gasteiger partial charge in [-0.3, -0.25) is 4.98 Å². The minimum atomic E-state index is -4.42. The number of aromatic nitrogens is 4. The van der Waals surface area contributed by atoms with E-state index in [-0.39, 0.29) is 0 Å². The van der Waals surface area contributed by atoms with Crippen molar-refractivity contribution in [3.63, 3.8) is 0 Å². The second kappa shape index (κ2) is 7.77. The Morgan fingerprint density at radius 2 is 1.85 bits per heavy atom. The zero-order valence-corrected chi connectivity index (χ0v) is 17.7. The highest BCUT2D eigenvalue weighted by atomic mass is 19.4. The van der Waals surface area contributed by atoms with E-state index in [4.69, 9.17) is 4.42 Å². The summed E-state index contributed by atoms with van der Waals surface area (Å²) in [6, 6.07) is 11.0. The molecule has 0 fully saturated rings. The predicted octanol–water partition coefficient (Wildman–Crippen LogP) is 6.43. The van der Waals surface area contributed by atoms with Crippen molar-refractivity contribution in [2.45, 2.75) is 20.0 Å². The Kier molecular flexibility index (Phi) is 4.88. The zero-order valence-electron chi connectivity index (χ0n) is 17.7. The standard InChI is InChI=1S/C24H18F3N5O/c1-14-5-6-16(24(25,26)27)10-18(14)21-12-32-9-3-4-20(23(32)31-21)30-17-7-8-19(28-11-17)22-15(2)29-13-33-22/h3-13,30H,1-2H3. The Balaban J connectivity index is 1.49. The van der Waals surface area contributed by atoms with Gasteiger partial charge in [-0.1, -0.05) is 6.07 Å². The smallest absolute Gasteiger partial charge is 0.416 e. The SMILES string of the molecule is Cc1ccc(C(F)(F)F)cc1-c1cn2cccc(Nc3ccc(-c4ocnc4C)nc3)c2n1. The average Bonchev–Trinajstić information content (AvgIpc) is 3.40. The van der Waals surface area contributed by atoms with Crippen LogP contribution in [0.3, 0.4) is 0 Å². The predicted molar refractivity (Wildman–Crippen MR) is 118 cm³/mol. The average molecular weight is 449 g/mol. The van der Waals surface area contributed by atoms with Gasteiger partial charge in [-0.25, -0.2) is 9.97 Å². The number of oxazole rings is 1. The third-order valence-electron chi connectivity index (χ3n) is 5.34. The first-order valence-electron chi connectivity index (χ1n) is 10.1. The Morgan fingerprint density at radius 3 is 2.55 bits per heavy atom. The van der Waals surface area contributed by atoms with Gasteiger partial charge in [-0.2, -0.15) is 13.2 Å². The minimum Gasteiger partial charge on any atom is -0.442 e. The lowest BCUT2D eigenvalue weighted by atomic mass is 10.0. The summed E-state index contributed by atoms with van der Waals surface area (Å²) in [5, 5.41) is 3.28. The van der Waals surface area contributed by atoms with Crippen LogP contribution < -0.4 is 5.32 Å². The van der Waals surface area contributed by atoms with Crippen LogP contribution in [0.5, 0.6) is 0 Å². The number of alkyl halides is 3. The van der Waals surface area contributed by atoms with Crippen LogP contribution in [0.15, 0.2) is 71.9 Å². The van der Waals surface area contributed by atoms with E-state index >= 15 is 0 Å². The molecule has 1 N–H and O–H groups in total. The number of nitrogens with zero attached hydrogens (tertiary/aromatic N) is 4. The number of halogens is 3. The van der Waals surface area contributed by atoms with Crippen LogP contribution in [0.1, 0.15) is 16.8 Å².